The molecule has 0 N–H and O–H groups in total. The van der Waals surface area contributed by atoms with Crippen molar-refractivity contribution >= 4 is 29.2 Å². The highest BCUT2D eigenvalue weighted by molar-refractivity contribution is 6.31. The minimum absolute atomic E-state index is 0.133. The first-order valence-corrected chi connectivity index (χ1v) is 9.11. The van der Waals surface area contributed by atoms with E-state index in [1.807, 2.05) is 13.0 Å². The van der Waals surface area contributed by atoms with Crippen molar-refractivity contribution in [3.05, 3.63) is 52.5 Å². The second-order valence-electron chi connectivity index (χ2n) is 6.03. The molecule has 2 aromatic carbocycles. The molecule has 0 spiro atoms. The van der Waals surface area contributed by atoms with Crippen molar-refractivity contribution in [1.82, 2.24) is 0 Å². The van der Waals surface area contributed by atoms with Crippen LogP contribution in [0.5, 0.6) is 11.5 Å². The molecule has 7 nitrogen and oxygen atoms in total. The molecule has 2 rings (SSSR count). The fraction of sp³-hybridized carbons (Fsp3) is 0.286. The molecule has 0 atom stereocenters. The minimum Gasteiger partial charge on any atom is -0.497 e. The fourth-order valence-corrected chi connectivity index (χ4v) is 2.72. The van der Waals surface area contributed by atoms with Crippen LogP contribution in [-0.4, -0.2) is 39.2 Å². The predicted molar refractivity (Wildman–Crippen MR) is 109 cm³/mol. The van der Waals surface area contributed by atoms with Crippen molar-refractivity contribution in [3.63, 3.8) is 0 Å². The van der Waals surface area contributed by atoms with Crippen LogP contribution >= 0.6 is 11.6 Å². The SMILES string of the molecule is COc1ccc(C(=O)OCC(=O)N(CCC#N)c2ccc(Cl)c(C)c2)c(OC)c1. The Hall–Kier alpha value is -3.24. The van der Waals surface area contributed by atoms with E-state index in [9.17, 15) is 9.59 Å². The summed E-state index contributed by atoms with van der Waals surface area (Å²) < 4.78 is 15.5. The third-order valence-electron chi connectivity index (χ3n) is 4.16. The van der Waals surface area contributed by atoms with E-state index in [0.717, 1.165) is 5.56 Å². The first-order valence-electron chi connectivity index (χ1n) is 8.73. The topological polar surface area (TPSA) is 88.9 Å². The van der Waals surface area contributed by atoms with Gasteiger partial charge in [0.15, 0.2) is 6.61 Å². The summed E-state index contributed by atoms with van der Waals surface area (Å²) in [5, 5.41) is 9.46. The maximum atomic E-state index is 12.7. The molecular formula is C21H21ClN2O5. The molecule has 0 unspecified atom stereocenters. The lowest BCUT2D eigenvalue weighted by Gasteiger charge is -2.22. The number of carbonyl (C=O) groups excluding carboxylic acids is 2. The number of amides is 1. The van der Waals surface area contributed by atoms with Crippen molar-refractivity contribution in [1.29, 1.82) is 5.26 Å². The van der Waals surface area contributed by atoms with E-state index in [4.69, 9.17) is 31.1 Å². The van der Waals surface area contributed by atoms with Crippen molar-refractivity contribution in [2.45, 2.75) is 13.3 Å². The molecule has 0 saturated carbocycles. The van der Waals surface area contributed by atoms with Gasteiger partial charge in [0.1, 0.15) is 17.1 Å². The number of halogens is 1. The lowest BCUT2D eigenvalue weighted by molar-refractivity contribution is -0.121. The summed E-state index contributed by atoms with van der Waals surface area (Å²) >= 11 is 6.04. The van der Waals surface area contributed by atoms with E-state index in [1.54, 1.807) is 30.3 Å². The average molecular weight is 417 g/mol. The lowest BCUT2D eigenvalue weighted by atomic mass is 10.2. The molecular weight excluding hydrogens is 396 g/mol. The number of anilines is 1. The largest absolute Gasteiger partial charge is 0.497 e. The van der Waals surface area contributed by atoms with Crippen molar-refractivity contribution in [2.24, 2.45) is 0 Å². The summed E-state index contributed by atoms with van der Waals surface area (Å²) in [7, 11) is 2.92. The molecule has 0 bridgehead atoms. The number of nitrogens with zero attached hydrogens (tertiary/aromatic N) is 2. The third kappa shape index (κ3) is 5.62. The normalized spacial score (nSPS) is 10.0. The summed E-state index contributed by atoms with van der Waals surface area (Å²) in [6, 6.07) is 11.7. The Morgan fingerprint density at radius 1 is 1.14 bits per heavy atom. The fourth-order valence-electron chi connectivity index (χ4n) is 2.61. The molecule has 0 aliphatic heterocycles. The van der Waals surface area contributed by atoms with Gasteiger partial charge in [-0.15, -0.1) is 0 Å². The molecule has 1 amide bonds. The molecule has 0 aliphatic carbocycles. The maximum absolute atomic E-state index is 12.7. The van der Waals surface area contributed by atoms with Gasteiger partial charge in [0.05, 0.1) is 26.7 Å². The molecule has 0 aromatic heterocycles. The van der Waals surface area contributed by atoms with E-state index >= 15 is 0 Å². The van der Waals surface area contributed by atoms with Gasteiger partial charge in [-0.1, -0.05) is 11.6 Å². The Kier molecular flexibility index (Phi) is 7.87. The molecule has 8 heteroatoms. The summed E-state index contributed by atoms with van der Waals surface area (Å²) in [6.45, 7) is 1.50. The molecule has 0 aliphatic rings. The number of carbonyl (C=O) groups is 2. The van der Waals surface area contributed by atoms with Gasteiger partial charge < -0.3 is 19.1 Å². The number of benzene rings is 2. The summed E-state index contributed by atoms with van der Waals surface area (Å²) in [5.74, 6) is -0.361. The Morgan fingerprint density at radius 3 is 2.52 bits per heavy atom. The minimum atomic E-state index is -0.703. The van der Waals surface area contributed by atoms with Crippen LogP contribution in [0.1, 0.15) is 22.3 Å². The first kappa shape index (κ1) is 22.1. The monoisotopic (exact) mass is 416 g/mol. The summed E-state index contributed by atoms with van der Waals surface area (Å²) in [4.78, 5) is 26.5. The van der Waals surface area contributed by atoms with Gasteiger partial charge in [-0.25, -0.2) is 4.79 Å². The Labute approximate surface area is 174 Å². The van der Waals surface area contributed by atoms with Crippen LogP contribution in [0.25, 0.3) is 0 Å². The highest BCUT2D eigenvalue weighted by Gasteiger charge is 2.20. The standard InChI is InChI=1S/C21H21ClN2O5/c1-14-11-15(5-8-18(14)22)24(10-4-9-23)20(25)13-29-21(26)17-7-6-16(27-2)12-19(17)28-3/h5-8,11-12H,4,10,13H2,1-3H3. The van der Waals surface area contributed by atoms with E-state index in [2.05, 4.69) is 0 Å². The molecule has 0 heterocycles. The number of aryl methyl sites for hydroxylation is 1. The van der Waals surface area contributed by atoms with Gasteiger partial charge in [0, 0.05) is 23.3 Å². The van der Waals surface area contributed by atoms with Crippen molar-refractivity contribution in [3.8, 4) is 17.6 Å². The highest BCUT2D eigenvalue weighted by atomic mass is 35.5. The number of nitriles is 1. The van der Waals surface area contributed by atoms with Crippen LogP contribution in [0, 0.1) is 18.3 Å². The predicted octanol–water partition coefficient (Wildman–Crippen LogP) is 3.77. The van der Waals surface area contributed by atoms with Crippen LogP contribution in [0.4, 0.5) is 5.69 Å². The Balaban J connectivity index is 2.14. The number of methoxy groups -OCH3 is 2. The lowest BCUT2D eigenvalue weighted by Crippen LogP contribution is -2.35. The van der Waals surface area contributed by atoms with Gasteiger partial charge in [0.2, 0.25) is 0 Å². The molecule has 0 fully saturated rings. The maximum Gasteiger partial charge on any atom is 0.342 e. The number of ether oxygens (including phenoxy) is 3. The van der Waals surface area contributed by atoms with Crippen LogP contribution < -0.4 is 14.4 Å². The number of esters is 1. The van der Waals surface area contributed by atoms with Crippen LogP contribution in [0.15, 0.2) is 36.4 Å². The Morgan fingerprint density at radius 2 is 1.90 bits per heavy atom. The molecule has 0 saturated heterocycles. The quantitative estimate of drug-likeness (QED) is 0.608. The Bertz CT molecular complexity index is 939. The van der Waals surface area contributed by atoms with Gasteiger partial charge in [-0.3, -0.25) is 4.79 Å². The van der Waals surface area contributed by atoms with Crippen LogP contribution in [-0.2, 0) is 9.53 Å². The van der Waals surface area contributed by atoms with E-state index in [-0.39, 0.29) is 24.3 Å². The second-order valence-corrected chi connectivity index (χ2v) is 6.44. The third-order valence-corrected chi connectivity index (χ3v) is 4.58. The number of hydrogen-bond acceptors (Lipinski definition) is 6. The summed E-state index contributed by atoms with van der Waals surface area (Å²) in [5.41, 5.74) is 1.54. The van der Waals surface area contributed by atoms with E-state index in [1.165, 1.54) is 25.2 Å². The highest BCUT2D eigenvalue weighted by Crippen LogP contribution is 2.26. The van der Waals surface area contributed by atoms with Gasteiger partial charge in [0.25, 0.3) is 5.91 Å². The van der Waals surface area contributed by atoms with Gasteiger partial charge >= 0.3 is 5.97 Å². The molecule has 152 valence electrons. The zero-order chi connectivity index (χ0) is 21.4. The summed E-state index contributed by atoms with van der Waals surface area (Å²) in [6.07, 6.45) is 0.133. The van der Waals surface area contributed by atoms with Crippen LogP contribution in [0.3, 0.4) is 0 Å². The van der Waals surface area contributed by atoms with Crippen molar-refractivity contribution < 1.29 is 23.8 Å². The zero-order valence-corrected chi connectivity index (χ0v) is 17.2. The van der Waals surface area contributed by atoms with Gasteiger partial charge in [-0.2, -0.15) is 5.26 Å². The zero-order valence-electron chi connectivity index (χ0n) is 16.4. The second kappa shape index (κ2) is 10.3. The first-order chi connectivity index (χ1) is 13.9. The number of rotatable bonds is 8. The molecule has 0 radical (unpaired) electrons. The van der Waals surface area contributed by atoms with Crippen LogP contribution in [0.2, 0.25) is 5.02 Å². The molecule has 29 heavy (non-hydrogen) atoms. The average Bonchev–Trinajstić information content (AvgIpc) is 2.74. The van der Waals surface area contributed by atoms with E-state index in [0.29, 0.717) is 16.5 Å². The molecule has 2 aromatic rings. The van der Waals surface area contributed by atoms with Crippen molar-refractivity contribution in [2.75, 3.05) is 32.3 Å². The van der Waals surface area contributed by atoms with E-state index < -0.39 is 18.5 Å². The smallest absolute Gasteiger partial charge is 0.342 e. The number of hydrogen-bond donors (Lipinski definition) is 0. The van der Waals surface area contributed by atoms with Gasteiger partial charge in [-0.05, 0) is 42.8 Å².